The number of nitrogens with one attached hydrogen (secondary N) is 12. The predicted molar refractivity (Wildman–Crippen MR) is 418 cm³/mol. The van der Waals surface area contributed by atoms with Gasteiger partial charge in [-0.25, -0.2) is 0 Å². The van der Waals surface area contributed by atoms with Crippen LogP contribution in [0.25, 0.3) is 0 Å². The number of likely N-dealkylation sites (tertiary alicyclic amines) is 2. The summed E-state index contributed by atoms with van der Waals surface area (Å²) in [7, 11) is 0. The number of hydrogen-bond donors (Lipinski definition) is 19. The number of carbonyl (C=O) groups is 17. The zero-order chi connectivity index (χ0) is 84.5. The highest BCUT2D eigenvalue weighted by Crippen LogP contribution is 2.24. The van der Waals surface area contributed by atoms with Crippen LogP contribution in [-0.2, 0) is 89.6 Å². The third-order valence-corrected chi connectivity index (χ3v) is 18.2. The minimum absolute atomic E-state index is 0.00277. The summed E-state index contributed by atoms with van der Waals surface area (Å²) in [6, 6.07) is 9.05. The Morgan fingerprint density at radius 3 is 1.14 bits per heavy atom. The van der Waals surface area contributed by atoms with E-state index in [1.165, 1.54) is 28.0 Å². The van der Waals surface area contributed by atoms with E-state index >= 15 is 0 Å². The van der Waals surface area contributed by atoms with Gasteiger partial charge < -0.3 is 112 Å². The minimum atomic E-state index is -1.80. The molecule has 0 radical (unpaired) electrons. The Labute approximate surface area is 663 Å². The maximum absolute atomic E-state index is 14.6. The molecule has 0 aromatic heterocycles. The van der Waals surface area contributed by atoms with E-state index in [1.807, 2.05) is 13.8 Å². The number of carboxylic acids is 2. The number of anilines is 2. The number of carbonyl (C=O) groups excluding carboxylic acids is 15. The molecule has 2 fully saturated rings. The Balaban J connectivity index is 1.20. The smallest absolute Gasteiger partial charge is 0.305 e. The first kappa shape index (κ1) is 92.8. The normalized spacial score (nSPS) is 15.0. The van der Waals surface area contributed by atoms with Crippen molar-refractivity contribution in [3.63, 3.8) is 0 Å². The van der Waals surface area contributed by atoms with Crippen LogP contribution < -0.4 is 92.5 Å². The van der Waals surface area contributed by atoms with E-state index in [0.717, 1.165) is 25.7 Å². The fraction of sp³-hybridized carbons (Fsp3) is 0.507. The average molecular weight is 1610 g/mol. The summed E-state index contributed by atoms with van der Waals surface area (Å²) < 4.78 is 0. The number of rotatable bonds is 49. The molecule has 2 aliphatic rings. The van der Waals surface area contributed by atoms with Crippen LogP contribution >= 0.6 is 0 Å². The Morgan fingerprint density at radius 2 is 0.791 bits per heavy atom. The van der Waals surface area contributed by atoms with Crippen molar-refractivity contribution in [2.75, 3.05) is 63.0 Å². The first-order chi connectivity index (χ1) is 54.8. The monoisotopic (exact) mass is 1610 g/mol. The summed E-state index contributed by atoms with van der Waals surface area (Å²) >= 11 is 0. The van der Waals surface area contributed by atoms with Gasteiger partial charge in [-0.05, 0) is 93.5 Å². The molecular weight excluding hydrogens is 1500 g/mol. The van der Waals surface area contributed by atoms with Crippen molar-refractivity contribution in [2.45, 2.75) is 191 Å². The number of aliphatic carboxylic acids is 2. The molecule has 24 N–H and O–H groups in total. The van der Waals surface area contributed by atoms with E-state index in [2.05, 4.69) is 73.8 Å². The number of hydrogen-bond acceptors (Lipinski definition) is 19. The lowest BCUT2D eigenvalue weighted by atomic mass is 10.0. The van der Waals surface area contributed by atoms with Gasteiger partial charge in [0.25, 0.3) is 0 Å². The Bertz CT molecular complexity index is 3730. The number of guanidine groups is 2. The molecule has 0 saturated carbocycles. The highest BCUT2D eigenvalue weighted by Gasteiger charge is 2.41. The van der Waals surface area contributed by atoms with Crippen LogP contribution in [-0.4, -0.2) is 233 Å². The lowest BCUT2D eigenvalue weighted by Gasteiger charge is -2.30. The zero-order valence-electron chi connectivity index (χ0n) is 64.4. The number of aliphatic imine (C=N–C) groups is 2. The summed E-state index contributed by atoms with van der Waals surface area (Å²) in [5.74, 6) is -15.9. The summed E-state index contributed by atoms with van der Waals surface area (Å²) in [5, 5.41) is 49.4. The van der Waals surface area contributed by atoms with E-state index < -0.39 is 188 Å². The summed E-state index contributed by atoms with van der Waals surface area (Å²) in [4.78, 5) is 238. The van der Waals surface area contributed by atoms with Crippen LogP contribution in [0.15, 0.2) is 88.8 Å². The second-order valence-electron chi connectivity index (χ2n) is 27.5. The van der Waals surface area contributed by atoms with E-state index in [0.29, 0.717) is 24.0 Å². The molecule has 15 amide bonds. The average Bonchev–Trinajstić information content (AvgIpc) is 1.74. The lowest BCUT2D eigenvalue weighted by molar-refractivity contribution is -0.143. The van der Waals surface area contributed by atoms with Gasteiger partial charge in [-0.2, -0.15) is 0 Å². The minimum Gasteiger partial charge on any atom is -0.481 e. The Kier molecular flexibility index (Phi) is 39.4. The van der Waals surface area contributed by atoms with E-state index in [4.69, 9.17) is 28.7 Å². The van der Waals surface area contributed by atoms with Crippen molar-refractivity contribution >= 4 is 124 Å². The zero-order valence-corrected chi connectivity index (χ0v) is 64.4. The molecule has 40 nitrogen and oxygen atoms in total. The molecule has 3 aromatic carbocycles. The molecular formula is C75H107N21O19. The topological polar surface area (TPSA) is 636 Å². The van der Waals surface area contributed by atoms with Crippen molar-refractivity contribution in [1.82, 2.24) is 63.0 Å². The number of carboxylic acid groups (broad SMARTS) is 2. The van der Waals surface area contributed by atoms with Gasteiger partial charge >= 0.3 is 11.9 Å². The molecule has 0 unspecified atom stereocenters. The number of unbranched alkanes of at least 4 members (excludes halogenated alkanes) is 4. The maximum atomic E-state index is 14.6. The summed E-state index contributed by atoms with van der Waals surface area (Å²) in [5.41, 5.74) is 27.9. The molecule has 115 heavy (non-hydrogen) atoms. The van der Waals surface area contributed by atoms with Gasteiger partial charge in [0.2, 0.25) is 88.6 Å². The number of benzene rings is 3. The predicted octanol–water partition coefficient (Wildman–Crippen LogP) is -3.28. The first-order valence-corrected chi connectivity index (χ1v) is 38.0. The van der Waals surface area contributed by atoms with Crippen molar-refractivity contribution in [3.8, 4) is 0 Å². The number of nitrogens with zero attached hydrogens (tertiary/aromatic N) is 4. The fourth-order valence-corrected chi connectivity index (χ4v) is 12.5. The fourth-order valence-electron chi connectivity index (χ4n) is 12.5. The third-order valence-electron chi connectivity index (χ3n) is 18.2. The number of nitrogens with two attached hydrogens (primary N) is 5. The molecule has 2 aliphatic heterocycles. The quantitative estimate of drug-likeness (QED) is 0.0150. The van der Waals surface area contributed by atoms with Crippen LogP contribution in [0.4, 0.5) is 11.4 Å². The second kappa shape index (κ2) is 48.9. The molecule has 0 bridgehead atoms. The Hall–Kier alpha value is -12.8. The van der Waals surface area contributed by atoms with Gasteiger partial charge in [0.05, 0.1) is 39.0 Å². The molecule has 5 rings (SSSR count). The molecule has 2 heterocycles. The van der Waals surface area contributed by atoms with Crippen LogP contribution in [0.3, 0.4) is 0 Å². The standard InChI is InChI=1S/C75H107N21O19/c1-3-5-9-27-57(97)89-49(23-15-29-81-74(77)78)66(108)83-42-61(101)91-51(38-63(103)104)68(110)93-53(33-44-19-11-7-12-20-44)72(114)95-31-17-25-55(95)70(112)85-40-59(99)87-47-35-46(65(76)107)36-48(37-47)88-60(100)41-86-71(113)56-26-18-32-96(56)73(115)54(34-45-21-13-8-14-22-45)94-69(111)52(39-64(105)106)92-62(102)43-84-67(109)50(24-16-30-82-75(79)80)90-58(98)28-10-6-4-2/h7-8,11-14,19-22,35-37,49-56H,3-6,9-10,15-18,23-34,38-43H2,1-2H3,(H2,76,107)(H,83,108)(H,84,109)(H,85,112)(H,86,113)(H,87,99)(H,88,100)(H,89,97)(H,90,98)(H,91,101)(H,92,102)(H,93,110)(H,94,111)(H,103,104)(H,105,106)(H4,77,78,81)(H4,79,80,82)/t49-,50+,51-,52+,53-,54+,55-,56+. The maximum Gasteiger partial charge on any atom is 0.305 e. The van der Waals surface area contributed by atoms with Gasteiger partial charge in [0.15, 0.2) is 11.9 Å². The SMILES string of the molecule is CCCCCC(=O)N[C@@H](CCCN=C(N)N)C(=O)NCC(=O)N[C@@H](CC(=O)O)C(=O)N[C@@H](Cc1ccccc1)C(=O)N1CCC[C@H]1C(=O)NCC(=O)Nc1cc(NC(=O)CNC(=O)[C@H]2CCCN2C(=O)[C@@H](Cc2ccccc2)NC(=O)[C@@H](CC(=O)O)NC(=O)CNC(=O)[C@@H](CCCN=C(N)N)NC(=O)CCCCC)cc(C(N)=O)c1. The van der Waals surface area contributed by atoms with Gasteiger partial charge in [-0.15, -0.1) is 0 Å². The van der Waals surface area contributed by atoms with Crippen LogP contribution in [0.1, 0.15) is 151 Å². The highest BCUT2D eigenvalue weighted by atomic mass is 16.4. The summed E-state index contributed by atoms with van der Waals surface area (Å²) in [6.45, 7) is 1.21. The highest BCUT2D eigenvalue weighted by molar-refractivity contribution is 6.04. The van der Waals surface area contributed by atoms with E-state index in [1.54, 1.807) is 60.7 Å². The van der Waals surface area contributed by atoms with Gasteiger partial charge in [0.1, 0.15) is 48.3 Å². The molecule has 0 spiro atoms. The summed E-state index contributed by atoms with van der Waals surface area (Å²) in [6.07, 6.45) is 3.78. The second-order valence-corrected chi connectivity index (χ2v) is 27.5. The molecule has 40 heteroatoms. The molecule has 0 aliphatic carbocycles. The van der Waals surface area contributed by atoms with Crippen LogP contribution in [0, 0.1) is 0 Å². The van der Waals surface area contributed by atoms with Gasteiger partial charge in [-0.3, -0.25) is 91.5 Å². The van der Waals surface area contributed by atoms with Crippen LogP contribution in [0.2, 0.25) is 0 Å². The molecule has 626 valence electrons. The van der Waals surface area contributed by atoms with E-state index in [9.17, 15) is 91.7 Å². The largest absolute Gasteiger partial charge is 0.481 e. The van der Waals surface area contributed by atoms with Gasteiger partial charge in [-0.1, -0.05) is 100 Å². The molecule has 3 aromatic rings. The lowest BCUT2D eigenvalue weighted by Crippen LogP contribution is -2.58. The number of primary amides is 1. The molecule has 2 saturated heterocycles. The Morgan fingerprint density at radius 1 is 0.426 bits per heavy atom. The van der Waals surface area contributed by atoms with Crippen molar-refractivity contribution in [2.24, 2.45) is 38.7 Å². The van der Waals surface area contributed by atoms with Gasteiger partial charge in [0, 0.05) is 68.8 Å². The van der Waals surface area contributed by atoms with Crippen molar-refractivity contribution < 1.29 is 91.7 Å². The van der Waals surface area contributed by atoms with Crippen LogP contribution in [0.5, 0.6) is 0 Å². The van der Waals surface area contributed by atoms with Crippen molar-refractivity contribution in [1.29, 1.82) is 0 Å². The number of amides is 15. The van der Waals surface area contributed by atoms with E-state index in [-0.39, 0.29) is 132 Å². The first-order valence-electron chi connectivity index (χ1n) is 38.0. The third kappa shape index (κ3) is 34.0. The van der Waals surface area contributed by atoms with Crippen molar-refractivity contribution in [3.05, 3.63) is 95.6 Å². The molecule has 8 atom stereocenters.